The van der Waals surface area contributed by atoms with Gasteiger partial charge in [0, 0.05) is 41.4 Å². The van der Waals surface area contributed by atoms with E-state index in [9.17, 15) is 30.7 Å². The van der Waals surface area contributed by atoms with Crippen molar-refractivity contribution in [3.63, 3.8) is 0 Å². The number of ether oxygens (including phenoxy) is 2. The molecule has 0 amide bonds. The lowest BCUT2D eigenvalue weighted by Crippen LogP contribution is -2.46. The molecule has 46 heavy (non-hydrogen) atoms. The first-order valence-electron chi connectivity index (χ1n) is 14.8. The Morgan fingerprint density at radius 2 is 1.87 bits per heavy atom. The van der Waals surface area contributed by atoms with Crippen LogP contribution in [-0.2, 0) is 42.7 Å². The van der Waals surface area contributed by atoms with Gasteiger partial charge in [0.05, 0.1) is 18.2 Å². The van der Waals surface area contributed by atoms with Crippen LogP contribution < -0.4 is 24.9 Å². The lowest BCUT2D eigenvalue weighted by atomic mass is 9.88. The van der Waals surface area contributed by atoms with Crippen LogP contribution in [0.4, 0.5) is 11.4 Å². The number of rotatable bonds is 10. The van der Waals surface area contributed by atoms with E-state index < -0.39 is 31.5 Å². The van der Waals surface area contributed by atoms with Gasteiger partial charge in [0.15, 0.2) is 18.0 Å². The van der Waals surface area contributed by atoms with Gasteiger partial charge in [0.25, 0.3) is 26.7 Å². The average molecular weight is 669 g/mol. The third-order valence-corrected chi connectivity index (χ3v) is 10.1. The van der Waals surface area contributed by atoms with Gasteiger partial charge < -0.3 is 14.4 Å². The first-order valence-corrected chi connectivity index (χ1v) is 17.8. The zero-order valence-electron chi connectivity index (χ0n) is 25.3. The maximum absolute atomic E-state index is 12.0. The van der Waals surface area contributed by atoms with Gasteiger partial charge in [-0.1, -0.05) is 24.3 Å². The minimum atomic E-state index is -4.40. The third-order valence-electron chi connectivity index (χ3n) is 8.43. The highest BCUT2D eigenvalue weighted by atomic mass is 32.2. The van der Waals surface area contributed by atoms with Crippen molar-refractivity contribution >= 4 is 43.7 Å². The summed E-state index contributed by atoms with van der Waals surface area (Å²) < 4.78 is 81.0. The van der Waals surface area contributed by atoms with Gasteiger partial charge in [-0.25, -0.2) is 9.57 Å². The highest BCUT2D eigenvalue weighted by Gasteiger charge is 2.35. The lowest BCUT2D eigenvalue weighted by Gasteiger charge is -2.44. The van der Waals surface area contributed by atoms with Gasteiger partial charge in [0.2, 0.25) is 5.36 Å². The second kappa shape index (κ2) is 11.9. The number of anilines is 1. The molecule has 0 radical (unpaired) electrons. The average Bonchev–Trinajstić information content (AvgIpc) is 2.97. The maximum atomic E-state index is 12.0. The fraction of sp³-hybridized carbons (Fsp3) is 0.344. The molecule has 0 aromatic heterocycles. The number of hydrogen-bond acceptors (Lipinski definition) is 9. The van der Waals surface area contributed by atoms with E-state index in [1.54, 1.807) is 24.3 Å². The quantitative estimate of drug-likeness (QED) is 0.111. The molecule has 3 aromatic rings. The number of carbonyl (C=O) groups excluding carboxylic acids is 1. The molecule has 0 saturated heterocycles. The molecule has 0 aliphatic carbocycles. The first-order chi connectivity index (χ1) is 21.7. The van der Waals surface area contributed by atoms with Gasteiger partial charge in [-0.3, -0.25) is 13.9 Å². The second-order valence-electron chi connectivity index (χ2n) is 12.1. The highest BCUT2D eigenvalue weighted by molar-refractivity contribution is 7.86. The highest BCUT2D eigenvalue weighted by Crippen LogP contribution is 2.46. The SMILES string of the molecule is CC1(C)C=C(CS(=O)(=O)O)c2cc3c(cc2N1CCCOC=O)Oc1cc2c(cc1=N3)CCC[N+]=2Cc1ccccc1S(=O)(=O)O. The van der Waals surface area contributed by atoms with Gasteiger partial charge in [-0.15, -0.1) is 0 Å². The number of nitrogens with zero attached hydrogens (tertiary/aromatic N) is 3. The van der Waals surface area contributed by atoms with Crippen molar-refractivity contribution in [3.8, 4) is 11.5 Å². The van der Waals surface area contributed by atoms with Crippen LogP contribution in [0.15, 0.2) is 64.5 Å². The second-order valence-corrected chi connectivity index (χ2v) is 15.0. The Labute approximate surface area is 266 Å². The zero-order valence-corrected chi connectivity index (χ0v) is 27.0. The molecular weight excluding hydrogens is 634 g/mol. The predicted octanol–water partition coefficient (Wildman–Crippen LogP) is 3.06. The van der Waals surface area contributed by atoms with Gasteiger partial charge >= 0.3 is 0 Å². The Morgan fingerprint density at radius 1 is 1.09 bits per heavy atom. The summed E-state index contributed by atoms with van der Waals surface area (Å²) in [6, 6.07) is 13.8. The minimum Gasteiger partial charge on any atom is -0.468 e. The monoisotopic (exact) mass is 668 g/mol. The molecule has 0 fully saturated rings. The van der Waals surface area contributed by atoms with Crippen molar-refractivity contribution in [2.75, 3.05) is 30.3 Å². The van der Waals surface area contributed by atoms with Gasteiger partial charge in [-0.05, 0) is 50.5 Å². The van der Waals surface area contributed by atoms with Crippen molar-refractivity contribution in [2.24, 2.45) is 4.99 Å². The largest absolute Gasteiger partial charge is 0.468 e. The van der Waals surface area contributed by atoms with Crippen molar-refractivity contribution in [1.29, 1.82) is 0 Å². The minimum absolute atomic E-state index is 0.127. The molecule has 14 heteroatoms. The van der Waals surface area contributed by atoms with Crippen LogP contribution in [0.25, 0.3) is 5.57 Å². The smallest absolute Gasteiger partial charge is 0.295 e. The molecule has 0 atom stereocenters. The molecule has 3 aliphatic heterocycles. The summed E-state index contributed by atoms with van der Waals surface area (Å²) in [5.74, 6) is 0.408. The first kappa shape index (κ1) is 31.9. The number of aryl methyl sites for hydroxylation is 1. The Morgan fingerprint density at radius 3 is 2.61 bits per heavy atom. The standard InChI is InChI=1S/C32H33N3O9S2/c1-32(2)17-23(19-45(37,38)39)24-14-26-30(16-28(24)35(32)11-6-12-43-20-36)44-29-15-27-21(13-25(29)33-26)8-5-10-34(27)18-22-7-3-4-9-31(22)46(40,41)42/h3-4,7,9,13-17,20H,5-6,8,10-12,18-19H2,1-2H3,(H-,37,38,39,40,41,42)/p+1. The van der Waals surface area contributed by atoms with Crippen LogP contribution in [0.5, 0.6) is 11.5 Å². The zero-order chi connectivity index (χ0) is 32.9. The summed E-state index contributed by atoms with van der Waals surface area (Å²) in [6.45, 7) is 5.91. The van der Waals surface area contributed by atoms with E-state index in [0.29, 0.717) is 70.9 Å². The number of fused-ring (bicyclic) bond motifs is 4. The number of benzene rings is 3. The predicted molar refractivity (Wildman–Crippen MR) is 170 cm³/mol. The Kier molecular flexibility index (Phi) is 8.25. The molecule has 3 aliphatic rings. The maximum Gasteiger partial charge on any atom is 0.295 e. The van der Waals surface area contributed by atoms with Gasteiger partial charge in [-0.2, -0.15) is 16.8 Å². The van der Waals surface area contributed by atoms with E-state index in [2.05, 4.69) is 9.48 Å². The molecule has 0 saturated carbocycles. The van der Waals surface area contributed by atoms with Gasteiger partial charge in [0.1, 0.15) is 28.2 Å². The lowest BCUT2D eigenvalue weighted by molar-refractivity contribution is -0.128. The summed E-state index contributed by atoms with van der Waals surface area (Å²) >= 11 is 0. The van der Waals surface area contributed by atoms with Crippen LogP contribution in [0, 0.1) is 0 Å². The summed E-state index contributed by atoms with van der Waals surface area (Å²) in [6.07, 6.45) is 3.96. The van der Waals surface area contributed by atoms with Crippen molar-refractivity contribution in [2.45, 2.75) is 50.1 Å². The topological polar surface area (TPSA) is 163 Å². The molecule has 0 unspecified atom stereocenters. The normalized spacial score (nSPS) is 16.6. The van der Waals surface area contributed by atoms with E-state index in [0.717, 1.165) is 23.8 Å². The van der Waals surface area contributed by atoms with E-state index in [4.69, 9.17) is 14.5 Å². The number of hydrogen-bond donors (Lipinski definition) is 2. The van der Waals surface area contributed by atoms with Crippen LogP contribution in [0.1, 0.15) is 43.4 Å². The molecule has 242 valence electrons. The summed E-state index contributed by atoms with van der Waals surface area (Å²) in [7, 11) is -8.73. The summed E-state index contributed by atoms with van der Waals surface area (Å²) in [5, 5.41) is 1.48. The Bertz CT molecular complexity index is 2130. The van der Waals surface area contributed by atoms with Crippen LogP contribution in [0.2, 0.25) is 0 Å². The third kappa shape index (κ3) is 6.43. The molecule has 6 rings (SSSR count). The molecule has 0 bridgehead atoms. The van der Waals surface area contributed by atoms with E-state index in [1.807, 2.05) is 38.1 Å². The Hall–Kier alpha value is -4.11. The molecule has 3 heterocycles. The van der Waals surface area contributed by atoms with E-state index >= 15 is 0 Å². The summed E-state index contributed by atoms with van der Waals surface area (Å²) in [5.41, 5.74) is 3.09. The van der Waals surface area contributed by atoms with E-state index in [-0.39, 0.29) is 18.0 Å². The van der Waals surface area contributed by atoms with Crippen molar-refractivity contribution < 1.29 is 40.2 Å². The van der Waals surface area contributed by atoms with Crippen molar-refractivity contribution in [1.82, 2.24) is 4.58 Å². The molecule has 0 spiro atoms. The Balaban J connectivity index is 1.45. The molecule has 2 N–H and O–H groups in total. The van der Waals surface area contributed by atoms with Crippen molar-refractivity contribution in [3.05, 3.63) is 82.0 Å². The van der Waals surface area contributed by atoms with Crippen LogP contribution in [0.3, 0.4) is 0 Å². The summed E-state index contributed by atoms with van der Waals surface area (Å²) in [4.78, 5) is 17.5. The fourth-order valence-corrected chi connectivity index (χ4v) is 7.87. The van der Waals surface area contributed by atoms with Crippen LogP contribution in [-0.4, -0.2) is 63.4 Å². The number of carbonyl (C=O) groups is 1. The van der Waals surface area contributed by atoms with E-state index in [1.165, 1.54) is 6.07 Å². The van der Waals surface area contributed by atoms with Crippen LogP contribution >= 0.6 is 0 Å². The molecular formula is C32H34N3O9S2+. The fourth-order valence-electron chi connectivity index (χ4n) is 6.53. The molecule has 3 aromatic carbocycles. The molecule has 12 nitrogen and oxygen atoms in total.